The van der Waals surface area contributed by atoms with Crippen molar-refractivity contribution in [3.8, 4) is 0 Å². The molecule has 0 spiro atoms. The number of benzene rings is 2. The van der Waals surface area contributed by atoms with Crippen LogP contribution >= 0.6 is 12.6 Å². The van der Waals surface area contributed by atoms with E-state index in [1.165, 1.54) is 11.1 Å². The third-order valence-electron chi connectivity index (χ3n) is 3.51. The van der Waals surface area contributed by atoms with Gasteiger partial charge in [-0.1, -0.05) is 36.4 Å². The quantitative estimate of drug-likeness (QED) is 0.787. The molecule has 1 amide bonds. The summed E-state index contributed by atoms with van der Waals surface area (Å²) in [5.41, 5.74) is 4.42. The first-order chi connectivity index (χ1) is 9.31. The zero-order chi connectivity index (χ0) is 13.2. The zero-order valence-corrected chi connectivity index (χ0v) is 11.4. The molecule has 0 N–H and O–H groups in total. The normalized spacial score (nSPS) is 13.4. The van der Waals surface area contributed by atoms with Crippen LogP contribution in [0.1, 0.15) is 11.1 Å². The van der Waals surface area contributed by atoms with E-state index < -0.39 is 0 Å². The Hall–Kier alpha value is -1.74. The molecule has 3 rings (SSSR count). The first kappa shape index (κ1) is 12.3. The van der Waals surface area contributed by atoms with Gasteiger partial charge in [0.15, 0.2) is 0 Å². The van der Waals surface area contributed by atoms with E-state index >= 15 is 0 Å². The van der Waals surface area contributed by atoms with Crippen molar-refractivity contribution in [2.45, 2.75) is 12.8 Å². The lowest BCUT2D eigenvalue weighted by Gasteiger charge is -2.24. The minimum Gasteiger partial charge on any atom is -0.280 e. The SMILES string of the molecule is O=C(CS)N1c2ccccc2CCc2ccccc21. The largest absolute Gasteiger partial charge is 0.280 e. The number of amides is 1. The molecule has 2 nitrogen and oxygen atoms in total. The van der Waals surface area contributed by atoms with Gasteiger partial charge in [0.05, 0.1) is 17.1 Å². The van der Waals surface area contributed by atoms with Gasteiger partial charge in [-0.15, -0.1) is 0 Å². The lowest BCUT2D eigenvalue weighted by molar-refractivity contribution is -0.115. The molecule has 1 aliphatic rings. The fraction of sp³-hybridized carbons (Fsp3) is 0.188. The third kappa shape index (κ3) is 2.15. The van der Waals surface area contributed by atoms with E-state index in [0.29, 0.717) is 0 Å². The Kier molecular flexibility index (Phi) is 3.30. The minimum atomic E-state index is 0.0186. The number of nitrogens with zero attached hydrogens (tertiary/aromatic N) is 1. The van der Waals surface area contributed by atoms with Crippen molar-refractivity contribution in [1.82, 2.24) is 0 Å². The Balaban J connectivity index is 2.22. The highest BCUT2D eigenvalue weighted by molar-refractivity contribution is 7.81. The van der Waals surface area contributed by atoms with Crippen LogP contribution in [0.5, 0.6) is 0 Å². The van der Waals surface area contributed by atoms with E-state index in [1.54, 1.807) is 0 Å². The number of aryl methyl sites for hydroxylation is 2. The highest BCUT2D eigenvalue weighted by Gasteiger charge is 2.24. The molecule has 96 valence electrons. The number of rotatable bonds is 1. The van der Waals surface area contributed by atoms with Crippen LogP contribution in [-0.4, -0.2) is 11.7 Å². The van der Waals surface area contributed by atoms with Crippen molar-refractivity contribution >= 4 is 29.9 Å². The van der Waals surface area contributed by atoms with Crippen LogP contribution in [0.4, 0.5) is 11.4 Å². The van der Waals surface area contributed by atoms with E-state index in [2.05, 4.69) is 24.8 Å². The minimum absolute atomic E-state index is 0.0186. The van der Waals surface area contributed by atoms with Crippen molar-refractivity contribution in [1.29, 1.82) is 0 Å². The van der Waals surface area contributed by atoms with Crippen molar-refractivity contribution in [3.63, 3.8) is 0 Å². The molecule has 2 aromatic carbocycles. The van der Waals surface area contributed by atoms with Gasteiger partial charge in [-0.05, 0) is 36.1 Å². The fourth-order valence-corrected chi connectivity index (χ4v) is 2.76. The molecule has 1 aliphatic heterocycles. The van der Waals surface area contributed by atoms with Crippen LogP contribution in [0.15, 0.2) is 48.5 Å². The summed E-state index contributed by atoms with van der Waals surface area (Å²) in [5, 5.41) is 0. The predicted octanol–water partition coefficient (Wildman–Crippen LogP) is 3.38. The van der Waals surface area contributed by atoms with E-state index in [0.717, 1.165) is 24.2 Å². The topological polar surface area (TPSA) is 20.3 Å². The van der Waals surface area contributed by atoms with Crippen LogP contribution in [-0.2, 0) is 17.6 Å². The number of thiol groups is 1. The highest BCUT2D eigenvalue weighted by Crippen LogP contribution is 2.35. The lowest BCUT2D eigenvalue weighted by atomic mass is 10.0. The second-order valence-corrected chi connectivity index (χ2v) is 4.96. The van der Waals surface area contributed by atoms with Crippen molar-refractivity contribution in [2.24, 2.45) is 0 Å². The summed E-state index contributed by atoms with van der Waals surface area (Å²) in [7, 11) is 0. The molecular formula is C16H15NOS. The Labute approximate surface area is 118 Å². The van der Waals surface area contributed by atoms with E-state index in [9.17, 15) is 4.79 Å². The molecular weight excluding hydrogens is 254 g/mol. The first-order valence-electron chi connectivity index (χ1n) is 6.41. The molecule has 0 radical (unpaired) electrons. The van der Waals surface area contributed by atoms with Crippen molar-refractivity contribution in [3.05, 3.63) is 59.7 Å². The van der Waals surface area contributed by atoms with Gasteiger partial charge in [-0.2, -0.15) is 12.6 Å². The molecule has 0 atom stereocenters. The predicted molar refractivity (Wildman–Crippen MR) is 81.3 cm³/mol. The molecule has 0 saturated carbocycles. The zero-order valence-electron chi connectivity index (χ0n) is 10.5. The van der Waals surface area contributed by atoms with Gasteiger partial charge in [-0.3, -0.25) is 9.69 Å². The second-order valence-electron chi connectivity index (χ2n) is 4.64. The Morgan fingerprint density at radius 1 is 0.947 bits per heavy atom. The fourth-order valence-electron chi connectivity index (χ4n) is 2.62. The molecule has 1 heterocycles. The number of anilines is 2. The summed E-state index contributed by atoms with van der Waals surface area (Å²) in [5.74, 6) is 0.230. The maximum absolute atomic E-state index is 12.3. The van der Waals surface area contributed by atoms with Gasteiger partial charge in [0.25, 0.3) is 0 Å². The molecule has 0 fully saturated rings. The van der Waals surface area contributed by atoms with Crippen molar-refractivity contribution in [2.75, 3.05) is 10.7 Å². The number of hydrogen-bond donors (Lipinski definition) is 1. The average Bonchev–Trinajstić information content (AvgIpc) is 2.63. The molecule has 19 heavy (non-hydrogen) atoms. The smallest absolute Gasteiger partial charge is 0.241 e. The molecule has 0 bridgehead atoms. The lowest BCUT2D eigenvalue weighted by Crippen LogP contribution is -2.27. The molecule has 0 unspecified atom stereocenters. The van der Waals surface area contributed by atoms with Crippen LogP contribution in [0.25, 0.3) is 0 Å². The van der Waals surface area contributed by atoms with E-state index in [4.69, 9.17) is 0 Å². The molecule has 0 saturated heterocycles. The van der Waals surface area contributed by atoms with Crippen LogP contribution in [0, 0.1) is 0 Å². The number of hydrogen-bond acceptors (Lipinski definition) is 2. The van der Waals surface area contributed by atoms with Gasteiger partial charge < -0.3 is 0 Å². The Bertz CT molecular complexity index is 576. The van der Waals surface area contributed by atoms with Gasteiger partial charge in [-0.25, -0.2) is 0 Å². The van der Waals surface area contributed by atoms with E-state index in [1.807, 2.05) is 41.3 Å². The first-order valence-corrected chi connectivity index (χ1v) is 7.04. The van der Waals surface area contributed by atoms with Crippen LogP contribution in [0.2, 0.25) is 0 Å². The average molecular weight is 269 g/mol. The highest BCUT2D eigenvalue weighted by atomic mass is 32.1. The molecule has 0 aromatic heterocycles. The summed E-state index contributed by atoms with van der Waals surface area (Å²) in [4.78, 5) is 14.1. The Morgan fingerprint density at radius 2 is 1.42 bits per heavy atom. The van der Waals surface area contributed by atoms with Gasteiger partial charge in [0, 0.05) is 0 Å². The number of fused-ring (bicyclic) bond motifs is 2. The standard InChI is InChI=1S/C16H15NOS/c18-16(11-19)17-14-7-3-1-5-12(14)9-10-13-6-2-4-8-15(13)17/h1-8,19H,9-11H2. The van der Waals surface area contributed by atoms with Crippen molar-refractivity contribution < 1.29 is 4.79 Å². The third-order valence-corrected chi connectivity index (χ3v) is 3.78. The molecule has 3 heteroatoms. The summed E-state index contributed by atoms with van der Waals surface area (Å²) in [6.45, 7) is 0. The van der Waals surface area contributed by atoms with Gasteiger partial charge in [0.2, 0.25) is 5.91 Å². The van der Waals surface area contributed by atoms with Gasteiger partial charge in [0.1, 0.15) is 0 Å². The van der Waals surface area contributed by atoms with E-state index in [-0.39, 0.29) is 11.7 Å². The maximum atomic E-state index is 12.3. The van der Waals surface area contributed by atoms with Crippen LogP contribution < -0.4 is 4.90 Å². The Morgan fingerprint density at radius 3 is 1.89 bits per heavy atom. The monoisotopic (exact) mass is 269 g/mol. The number of carbonyl (C=O) groups excluding carboxylic acids is 1. The maximum Gasteiger partial charge on any atom is 0.241 e. The molecule has 2 aromatic rings. The summed E-state index contributed by atoms with van der Waals surface area (Å²) >= 11 is 4.15. The second kappa shape index (κ2) is 5.10. The molecule has 0 aliphatic carbocycles. The summed E-state index contributed by atoms with van der Waals surface area (Å²) < 4.78 is 0. The van der Waals surface area contributed by atoms with Gasteiger partial charge >= 0.3 is 0 Å². The number of para-hydroxylation sites is 2. The summed E-state index contributed by atoms with van der Waals surface area (Å²) in [6.07, 6.45) is 1.92. The number of carbonyl (C=O) groups is 1. The van der Waals surface area contributed by atoms with Crippen LogP contribution in [0.3, 0.4) is 0 Å². The summed E-state index contributed by atoms with van der Waals surface area (Å²) in [6, 6.07) is 16.2.